The third-order valence-electron chi connectivity index (χ3n) is 7.94. The number of aromatic nitrogens is 6. The van der Waals surface area contributed by atoms with E-state index in [1.807, 2.05) is 37.1 Å². The van der Waals surface area contributed by atoms with Crippen molar-refractivity contribution in [2.45, 2.75) is 49.8 Å². The molecule has 1 fully saturated rings. The molecule has 252 valence electrons. The van der Waals surface area contributed by atoms with Crippen molar-refractivity contribution >= 4 is 43.7 Å². The molecule has 1 saturated heterocycles. The van der Waals surface area contributed by atoms with Crippen LogP contribution in [0.15, 0.2) is 71.0 Å². The number of hydrogen-bond acceptors (Lipinski definition) is 8. The van der Waals surface area contributed by atoms with Crippen molar-refractivity contribution in [1.29, 1.82) is 0 Å². The summed E-state index contributed by atoms with van der Waals surface area (Å²) in [6, 6.07) is 12.6. The molecule has 1 aliphatic heterocycles. The molecule has 0 N–H and O–H groups in total. The lowest BCUT2D eigenvalue weighted by Crippen LogP contribution is -2.05. The van der Waals surface area contributed by atoms with E-state index in [1.165, 1.54) is 37.1 Å². The Hall–Kier alpha value is -4.20. The van der Waals surface area contributed by atoms with Gasteiger partial charge < -0.3 is 13.9 Å². The summed E-state index contributed by atoms with van der Waals surface area (Å²) >= 11 is 1.59. The SMILES string of the molecule is CC1CCCO1.CSc1nc(-c2ccc(F)cc2C)nc2c1ccn2C.Cc1cc(F)ccc1-c1nc(S(C)(=O)=O)c2ccn(C)c2n1. The normalized spacial score (nSPS) is 14.5. The van der Waals surface area contributed by atoms with Crippen LogP contribution in [-0.2, 0) is 28.7 Å². The maximum absolute atomic E-state index is 13.3. The summed E-state index contributed by atoms with van der Waals surface area (Å²) in [6.45, 7) is 6.71. The van der Waals surface area contributed by atoms with E-state index in [2.05, 4.69) is 26.9 Å². The molecule has 6 aromatic rings. The summed E-state index contributed by atoms with van der Waals surface area (Å²) in [4.78, 5) is 17.9. The standard InChI is InChI=1S/C15H14FN3O2S.C15H14FN3S.C5H10O/c1-9-8-10(16)4-5-11(9)13-17-14-12(6-7-19(14)2)15(18-13)22(3,20)21;1-9-8-10(16)4-5-11(9)13-17-14-12(6-7-19(14)2)15(18-13)20-3;1-5-3-2-4-6-5/h4-8H,1-3H3;4-8H,1-3H3;5H,2-4H2,1H3. The Morgan fingerprint density at radius 1 is 0.812 bits per heavy atom. The van der Waals surface area contributed by atoms with Crippen LogP contribution in [0.5, 0.6) is 0 Å². The van der Waals surface area contributed by atoms with Crippen molar-refractivity contribution < 1.29 is 21.9 Å². The van der Waals surface area contributed by atoms with Crippen molar-refractivity contribution in [3.63, 3.8) is 0 Å². The highest BCUT2D eigenvalue weighted by Crippen LogP contribution is 2.30. The first-order valence-corrected chi connectivity index (χ1v) is 18.4. The summed E-state index contributed by atoms with van der Waals surface area (Å²) in [6.07, 6.45) is 9.89. The van der Waals surface area contributed by atoms with Crippen LogP contribution in [0.4, 0.5) is 8.78 Å². The highest BCUT2D eigenvalue weighted by molar-refractivity contribution is 7.98. The zero-order valence-electron chi connectivity index (χ0n) is 28.0. The van der Waals surface area contributed by atoms with E-state index < -0.39 is 9.84 Å². The van der Waals surface area contributed by atoms with Gasteiger partial charge in [-0.15, -0.1) is 11.8 Å². The molecule has 0 bridgehead atoms. The third-order valence-corrected chi connectivity index (χ3v) is 9.65. The Morgan fingerprint density at radius 2 is 1.33 bits per heavy atom. The fraction of sp³-hybridized carbons (Fsp3) is 0.314. The van der Waals surface area contributed by atoms with Crippen molar-refractivity contribution in [3.05, 3.63) is 83.7 Å². The molecule has 0 amide bonds. The van der Waals surface area contributed by atoms with Crippen LogP contribution in [0.1, 0.15) is 30.9 Å². The Morgan fingerprint density at radius 3 is 1.77 bits per heavy atom. The predicted molar refractivity (Wildman–Crippen MR) is 187 cm³/mol. The van der Waals surface area contributed by atoms with E-state index in [9.17, 15) is 17.2 Å². The van der Waals surface area contributed by atoms with Gasteiger partial charge in [-0.3, -0.25) is 0 Å². The van der Waals surface area contributed by atoms with Gasteiger partial charge in [-0.2, -0.15) is 0 Å². The number of ether oxygens (including phenoxy) is 1. The van der Waals surface area contributed by atoms with E-state index in [1.54, 1.807) is 54.7 Å². The van der Waals surface area contributed by atoms with Crippen molar-refractivity contribution in [1.82, 2.24) is 29.1 Å². The Balaban J connectivity index is 0.000000160. The topological polar surface area (TPSA) is 105 Å². The average molecular weight is 693 g/mol. The van der Waals surface area contributed by atoms with E-state index in [-0.39, 0.29) is 22.5 Å². The molecule has 13 heteroatoms. The molecule has 0 saturated carbocycles. The van der Waals surface area contributed by atoms with Gasteiger partial charge in [-0.25, -0.2) is 37.1 Å². The third kappa shape index (κ3) is 7.74. The van der Waals surface area contributed by atoms with E-state index in [0.29, 0.717) is 34.1 Å². The number of nitrogens with zero attached hydrogens (tertiary/aromatic N) is 6. The van der Waals surface area contributed by atoms with E-state index in [0.717, 1.165) is 40.0 Å². The largest absolute Gasteiger partial charge is 0.379 e. The average Bonchev–Trinajstić information content (AvgIpc) is 3.77. The molecule has 1 aliphatic rings. The van der Waals surface area contributed by atoms with Crippen LogP contribution in [-0.4, -0.2) is 62.7 Å². The minimum absolute atomic E-state index is 0.0168. The Labute approximate surface area is 283 Å². The first kappa shape index (κ1) is 35.1. The molecular weight excluding hydrogens is 655 g/mol. The van der Waals surface area contributed by atoms with Crippen molar-refractivity contribution in [2.24, 2.45) is 14.1 Å². The number of benzene rings is 2. The fourth-order valence-corrected chi connectivity index (χ4v) is 6.76. The second-order valence-electron chi connectivity index (χ2n) is 11.8. The molecule has 9 nitrogen and oxygen atoms in total. The van der Waals surface area contributed by atoms with Gasteiger partial charge in [0.25, 0.3) is 0 Å². The van der Waals surface area contributed by atoms with Crippen molar-refractivity contribution in [2.75, 3.05) is 19.1 Å². The Kier molecular flexibility index (Phi) is 10.6. The lowest BCUT2D eigenvalue weighted by atomic mass is 10.1. The summed E-state index contributed by atoms with van der Waals surface area (Å²) in [5.41, 5.74) is 4.37. The molecule has 2 aromatic carbocycles. The summed E-state index contributed by atoms with van der Waals surface area (Å²) in [5, 5.41) is 2.45. The highest BCUT2D eigenvalue weighted by atomic mass is 32.2. The van der Waals surface area contributed by atoms with E-state index >= 15 is 0 Å². The summed E-state index contributed by atoms with van der Waals surface area (Å²) in [7, 11) is 0.233. The molecule has 0 spiro atoms. The van der Waals surface area contributed by atoms with Crippen LogP contribution in [0.3, 0.4) is 0 Å². The van der Waals surface area contributed by atoms with Gasteiger partial charge in [0.15, 0.2) is 26.5 Å². The first-order chi connectivity index (χ1) is 22.8. The van der Waals surface area contributed by atoms with Gasteiger partial charge in [0.05, 0.1) is 16.9 Å². The van der Waals surface area contributed by atoms with Crippen LogP contribution in [0, 0.1) is 25.5 Å². The molecule has 5 heterocycles. The minimum Gasteiger partial charge on any atom is -0.379 e. The smallest absolute Gasteiger partial charge is 0.193 e. The van der Waals surface area contributed by atoms with Gasteiger partial charge in [0, 0.05) is 50.5 Å². The summed E-state index contributed by atoms with van der Waals surface area (Å²) < 4.78 is 59.4. The predicted octanol–water partition coefficient (Wildman–Crippen LogP) is 7.48. The van der Waals surface area contributed by atoms with Crippen LogP contribution in [0.25, 0.3) is 44.8 Å². The quantitative estimate of drug-likeness (QED) is 0.138. The monoisotopic (exact) mass is 692 g/mol. The molecule has 0 radical (unpaired) electrons. The molecular formula is C35H38F2N6O3S2. The van der Waals surface area contributed by atoms with Gasteiger partial charge in [-0.1, -0.05) is 0 Å². The molecule has 7 rings (SSSR count). The molecule has 48 heavy (non-hydrogen) atoms. The first-order valence-electron chi connectivity index (χ1n) is 15.3. The lowest BCUT2D eigenvalue weighted by molar-refractivity contribution is 0.125. The second kappa shape index (κ2) is 14.5. The molecule has 1 atom stereocenters. The maximum atomic E-state index is 13.3. The Bertz CT molecular complexity index is 2210. The number of thioether (sulfide) groups is 1. The van der Waals surface area contributed by atoms with Gasteiger partial charge in [-0.05, 0) is 99.5 Å². The van der Waals surface area contributed by atoms with Gasteiger partial charge >= 0.3 is 0 Å². The van der Waals surface area contributed by atoms with Crippen LogP contribution in [0.2, 0.25) is 0 Å². The highest BCUT2D eigenvalue weighted by Gasteiger charge is 2.20. The number of sulfone groups is 1. The van der Waals surface area contributed by atoms with Crippen molar-refractivity contribution in [3.8, 4) is 22.8 Å². The zero-order chi connectivity index (χ0) is 34.7. The number of halogens is 2. The number of rotatable bonds is 4. The number of hydrogen-bond donors (Lipinski definition) is 0. The lowest BCUT2D eigenvalue weighted by Gasteiger charge is -2.08. The molecule has 1 unspecified atom stereocenters. The number of fused-ring (bicyclic) bond motifs is 2. The number of aryl methyl sites for hydroxylation is 4. The minimum atomic E-state index is -3.51. The summed E-state index contributed by atoms with van der Waals surface area (Å²) in [5.74, 6) is 0.314. The fourth-order valence-electron chi connectivity index (χ4n) is 5.39. The van der Waals surface area contributed by atoms with Crippen LogP contribution >= 0.6 is 11.8 Å². The van der Waals surface area contributed by atoms with E-state index in [4.69, 9.17) is 4.74 Å². The molecule has 0 aliphatic carbocycles. The maximum Gasteiger partial charge on any atom is 0.193 e. The molecule has 4 aromatic heterocycles. The van der Waals surface area contributed by atoms with Crippen LogP contribution < -0.4 is 0 Å². The zero-order valence-corrected chi connectivity index (χ0v) is 29.6. The second-order valence-corrected chi connectivity index (χ2v) is 14.5. The van der Waals surface area contributed by atoms with Gasteiger partial charge in [0.2, 0.25) is 0 Å². The van der Waals surface area contributed by atoms with Gasteiger partial charge in [0.1, 0.15) is 28.0 Å².